The Morgan fingerprint density at radius 3 is 1.59 bits per heavy atom. The first-order valence-corrected chi connectivity index (χ1v) is 22.3. The molecule has 0 aliphatic rings. The smallest absolute Gasteiger partial charge is 0.462 e. The minimum Gasteiger partial charge on any atom is -0.462 e. The van der Waals surface area contributed by atoms with Gasteiger partial charge in [-0.3, -0.25) is 18.6 Å². The van der Waals surface area contributed by atoms with E-state index >= 15 is 0 Å². The maximum absolute atomic E-state index is 12.5. The van der Waals surface area contributed by atoms with Crippen molar-refractivity contribution in [2.24, 2.45) is 5.73 Å². The van der Waals surface area contributed by atoms with E-state index in [-0.39, 0.29) is 38.7 Å². The largest absolute Gasteiger partial charge is 0.472 e. The molecule has 0 heterocycles. The van der Waals surface area contributed by atoms with Crippen LogP contribution in [0.25, 0.3) is 0 Å². The van der Waals surface area contributed by atoms with Crippen molar-refractivity contribution in [2.45, 2.75) is 122 Å². The molecule has 0 saturated carbocycles. The SMILES string of the molecule is CC/C=C\C/C=C\C/C=C\C/C=C\C/C=C\C/C=C\CCC(=O)OC[C@H](COP(=O)(O)OCCN)OC(=O)CCC/C=C\C/C=C\C/C=C\C/C=C\C=C\[C@H](O)CC. The van der Waals surface area contributed by atoms with E-state index in [2.05, 4.69) is 92.0 Å². The van der Waals surface area contributed by atoms with Crippen molar-refractivity contribution in [3.8, 4) is 0 Å². The standard InChI is InChI=1S/C47H72NO9P/c1-3-5-6-7-8-9-10-11-12-13-14-15-16-20-23-26-29-32-35-38-46(50)54-42-45(43-56-58(52,53)55-41-40-48)57-47(51)39-36-33-30-27-24-21-18-17-19-22-25-28-31-34-37-44(49)4-2/h5-6,8-9,11-12,14-15,18-23,27-32,34,37,44-45,49H,3-4,7,10,13,16-17,24-26,33,35-36,38-43,48H2,1-2H3,(H,52,53)/b6-5-,9-8-,12-11-,15-14-,21-18-,22-19-,23-20-,30-27-,31-28-,32-29-,37-34+/t44-,45-/m1/s1. The number of phosphoric ester groups is 1. The fraction of sp³-hybridized carbons (Fsp3) is 0.489. The van der Waals surface area contributed by atoms with Crippen molar-refractivity contribution in [1.82, 2.24) is 0 Å². The Bertz CT molecular complexity index is 1420. The van der Waals surface area contributed by atoms with Gasteiger partial charge in [-0.2, -0.15) is 0 Å². The topological polar surface area (TPSA) is 155 Å². The molecule has 0 saturated heterocycles. The van der Waals surface area contributed by atoms with Gasteiger partial charge in [-0.1, -0.05) is 148 Å². The van der Waals surface area contributed by atoms with Crippen LogP contribution in [0.5, 0.6) is 0 Å². The summed E-state index contributed by atoms with van der Waals surface area (Å²) in [6, 6.07) is 0. The molecule has 10 nitrogen and oxygen atoms in total. The number of carbonyl (C=O) groups is 2. The van der Waals surface area contributed by atoms with Crippen LogP contribution in [-0.4, -0.2) is 60.5 Å². The Hall–Kier alpha value is -3.89. The maximum Gasteiger partial charge on any atom is 0.472 e. The summed E-state index contributed by atoms with van der Waals surface area (Å²) in [5.41, 5.74) is 5.33. The highest BCUT2D eigenvalue weighted by atomic mass is 31.2. The van der Waals surface area contributed by atoms with E-state index in [4.69, 9.17) is 24.3 Å². The molecule has 0 spiro atoms. The second kappa shape index (κ2) is 41.3. The molecule has 324 valence electrons. The van der Waals surface area contributed by atoms with Crippen LogP contribution in [0.3, 0.4) is 0 Å². The van der Waals surface area contributed by atoms with Crippen LogP contribution in [0.15, 0.2) is 134 Å². The maximum atomic E-state index is 12.5. The number of esters is 2. The zero-order valence-corrected chi connectivity index (χ0v) is 36.0. The molecule has 11 heteroatoms. The first kappa shape index (κ1) is 54.1. The van der Waals surface area contributed by atoms with Gasteiger partial charge in [-0.15, -0.1) is 0 Å². The van der Waals surface area contributed by atoms with Crippen LogP contribution >= 0.6 is 7.82 Å². The fourth-order valence-electron chi connectivity index (χ4n) is 4.53. The first-order valence-electron chi connectivity index (χ1n) is 20.8. The van der Waals surface area contributed by atoms with Gasteiger partial charge in [0.25, 0.3) is 0 Å². The minimum absolute atomic E-state index is 0.0203. The van der Waals surface area contributed by atoms with E-state index < -0.39 is 32.5 Å². The summed E-state index contributed by atoms with van der Waals surface area (Å²) in [5.74, 6) is -1.03. The average Bonchev–Trinajstić information content (AvgIpc) is 3.21. The van der Waals surface area contributed by atoms with E-state index in [0.717, 1.165) is 57.8 Å². The fourth-order valence-corrected chi connectivity index (χ4v) is 5.29. The van der Waals surface area contributed by atoms with Gasteiger partial charge < -0.3 is 25.2 Å². The van der Waals surface area contributed by atoms with Crippen molar-refractivity contribution in [2.75, 3.05) is 26.4 Å². The van der Waals surface area contributed by atoms with Crippen molar-refractivity contribution in [3.63, 3.8) is 0 Å². The van der Waals surface area contributed by atoms with E-state index in [9.17, 15) is 24.2 Å². The van der Waals surface area contributed by atoms with Gasteiger partial charge in [0, 0.05) is 19.4 Å². The molecule has 0 fully saturated rings. The molecular formula is C47H72NO9P. The summed E-state index contributed by atoms with van der Waals surface area (Å²) in [6.45, 7) is 3.08. The molecule has 0 aromatic carbocycles. The second-order valence-corrected chi connectivity index (χ2v) is 14.4. The number of carbonyl (C=O) groups excluding carboxylic acids is 2. The predicted octanol–water partition coefficient (Wildman–Crippen LogP) is 10.9. The van der Waals surface area contributed by atoms with Gasteiger partial charge in [0.2, 0.25) is 0 Å². The van der Waals surface area contributed by atoms with E-state index in [1.807, 2.05) is 49.5 Å². The number of aliphatic hydroxyl groups is 1. The Labute approximate surface area is 349 Å². The third-order valence-electron chi connectivity index (χ3n) is 7.70. The molecule has 1 unspecified atom stereocenters. The highest BCUT2D eigenvalue weighted by molar-refractivity contribution is 7.47. The summed E-state index contributed by atoms with van der Waals surface area (Å²) >= 11 is 0. The Morgan fingerprint density at radius 2 is 1.09 bits per heavy atom. The van der Waals surface area contributed by atoms with Crippen molar-refractivity contribution in [3.05, 3.63) is 134 Å². The average molecular weight is 826 g/mol. The normalized spacial score (nSPS) is 15.2. The van der Waals surface area contributed by atoms with Crippen LogP contribution < -0.4 is 5.73 Å². The number of hydrogen-bond donors (Lipinski definition) is 3. The quantitative estimate of drug-likeness (QED) is 0.0183. The third-order valence-corrected chi connectivity index (χ3v) is 8.69. The van der Waals surface area contributed by atoms with Crippen molar-refractivity contribution >= 4 is 19.8 Å². The molecule has 0 radical (unpaired) electrons. The molecule has 0 aliphatic carbocycles. The summed E-state index contributed by atoms with van der Waals surface area (Å²) in [5, 5.41) is 9.47. The Morgan fingerprint density at radius 1 is 0.603 bits per heavy atom. The van der Waals surface area contributed by atoms with E-state index in [1.165, 1.54) is 0 Å². The Balaban J connectivity index is 4.45. The molecule has 0 bridgehead atoms. The van der Waals surface area contributed by atoms with Crippen LogP contribution in [0.1, 0.15) is 110 Å². The highest BCUT2D eigenvalue weighted by Crippen LogP contribution is 2.43. The monoisotopic (exact) mass is 825 g/mol. The highest BCUT2D eigenvalue weighted by Gasteiger charge is 2.25. The number of aliphatic hydroxyl groups excluding tert-OH is 1. The summed E-state index contributed by atoms with van der Waals surface area (Å²) in [4.78, 5) is 34.8. The molecule has 0 amide bonds. The van der Waals surface area contributed by atoms with Gasteiger partial charge in [0.1, 0.15) is 6.61 Å². The zero-order valence-electron chi connectivity index (χ0n) is 35.1. The molecule has 0 aromatic heterocycles. The van der Waals surface area contributed by atoms with Gasteiger partial charge in [0.15, 0.2) is 6.10 Å². The lowest BCUT2D eigenvalue weighted by atomic mass is 10.2. The second-order valence-electron chi connectivity index (χ2n) is 12.9. The lowest BCUT2D eigenvalue weighted by molar-refractivity contribution is -0.161. The van der Waals surface area contributed by atoms with Crippen LogP contribution in [-0.2, 0) is 32.7 Å². The van der Waals surface area contributed by atoms with E-state index in [0.29, 0.717) is 25.7 Å². The summed E-state index contributed by atoms with van der Waals surface area (Å²) < 4.78 is 32.6. The first-order chi connectivity index (χ1) is 28.2. The molecule has 0 rings (SSSR count). The van der Waals surface area contributed by atoms with Gasteiger partial charge >= 0.3 is 19.8 Å². The number of nitrogens with two attached hydrogens (primary N) is 1. The number of ether oxygens (including phenoxy) is 2. The van der Waals surface area contributed by atoms with Crippen LogP contribution in [0, 0.1) is 0 Å². The van der Waals surface area contributed by atoms with E-state index in [1.54, 1.807) is 6.08 Å². The zero-order chi connectivity index (χ0) is 42.6. The van der Waals surface area contributed by atoms with Gasteiger partial charge in [-0.25, -0.2) is 4.57 Å². The molecule has 0 aliphatic heterocycles. The summed E-state index contributed by atoms with van der Waals surface area (Å²) in [7, 11) is -4.43. The van der Waals surface area contributed by atoms with Crippen molar-refractivity contribution < 1.29 is 42.7 Å². The van der Waals surface area contributed by atoms with Gasteiger partial charge in [-0.05, 0) is 83.5 Å². The van der Waals surface area contributed by atoms with Crippen LogP contribution in [0.2, 0.25) is 0 Å². The lowest BCUT2D eigenvalue weighted by Crippen LogP contribution is -2.29. The molecule has 4 N–H and O–H groups in total. The molecule has 3 atom stereocenters. The Kier molecular flexibility index (Phi) is 38.5. The van der Waals surface area contributed by atoms with Crippen LogP contribution in [0.4, 0.5) is 0 Å². The van der Waals surface area contributed by atoms with Gasteiger partial charge in [0.05, 0.1) is 19.3 Å². The molecular weight excluding hydrogens is 753 g/mol. The molecule has 0 aromatic rings. The number of allylic oxidation sites excluding steroid dienone is 21. The summed E-state index contributed by atoms with van der Waals surface area (Å²) in [6.07, 6.45) is 54.5. The van der Waals surface area contributed by atoms with Crippen molar-refractivity contribution in [1.29, 1.82) is 0 Å². The number of rotatable bonds is 36. The number of unbranched alkanes of at least 4 members (excludes halogenated alkanes) is 1. The molecule has 58 heavy (non-hydrogen) atoms. The lowest BCUT2D eigenvalue weighted by Gasteiger charge is -2.19. The third kappa shape index (κ3) is 40.3. The number of phosphoric acid groups is 1. The predicted molar refractivity (Wildman–Crippen MR) is 239 cm³/mol. The minimum atomic E-state index is -4.43. The number of hydrogen-bond acceptors (Lipinski definition) is 9.